The number of ether oxygens (including phenoxy) is 1. The molecule has 1 amide bonds. The van der Waals surface area contributed by atoms with E-state index in [1.807, 2.05) is 23.1 Å². The minimum Gasteiger partial charge on any atom is -0.497 e. The van der Waals surface area contributed by atoms with Crippen molar-refractivity contribution in [1.29, 1.82) is 0 Å². The van der Waals surface area contributed by atoms with Gasteiger partial charge < -0.3 is 14.5 Å². The molecule has 2 aromatic rings. The summed E-state index contributed by atoms with van der Waals surface area (Å²) in [5, 5.41) is 0.947. The molecule has 0 aliphatic carbocycles. The molecule has 3 rings (SSSR count). The van der Waals surface area contributed by atoms with E-state index in [1.165, 1.54) is 11.5 Å². The van der Waals surface area contributed by atoms with Crippen molar-refractivity contribution in [3.63, 3.8) is 0 Å². The van der Waals surface area contributed by atoms with Crippen molar-refractivity contribution in [2.45, 2.75) is 52.0 Å². The molecule has 0 spiro atoms. The van der Waals surface area contributed by atoms with Crippen LogP contribution in [0.25, 0.3) is 0 Å². The molecule has 6 nitrogen and oxygen atoms in total. The molecule has 2 heterocycles. The predicted molar refractivity (Wildman–Crippen MR) is 113 cm³/mol. The van der Waals surface area contributed by atoms with E-state index in [0.717, 1.165) is 61.2 Å². The largest absolute Gasteiger partial charge is 0.497 e. The number of carbonyl (C=O) groups is 1. The van der Waals surface area contributed by atoms with Crippen LogP contribution in [0.1, 0.15) is 50.9 Å². The maximum Gasteiger partial charge on any atom is 0.222 e. The number of benzene rings is 1. The van der Waals surface area contributed by atoms with Crippen LogP contribution in [-0.4, -0.2) is 53.0 Å². The quantitative estimate of drug-likeness (QED) is 0.629. The molecular formula is C21H30N4O2S. The fourth-order valence-corrected chi connectivity index (χ4v) is 4.30. The number of piperazine rings is 1. The van der Waals surface area contributed by atoms with E-state index in [0.29, 0.717) is 12.8 Å². The second-order valence-electron chi connectivity index (χ2n) is 7.36. The molecule has 1 atom stereocenters. The van der Waals surface area contributed by atoms with Gasteiger partial charge in [0.1, 0.15) is 11.6 Å². The smallest absolute Gasteiger partial charge is 0.222 e. The number of hydrogen-bond donors (Lipinski definition) is 0. The van der Waals surface area contributed by atoms with Crippen molar-refractivity contribution in [2.75, 3.05) is 31.6 Å². The first-order chi connectivity index (χ1) is 13.6. The van der Waals surface area contributed by atoms with Crippen LogP contribution in [-0.2, 0) is 11.2 Å². The van der Waals surface area contributed by atoms with Gasteiger partial charge in [0, 0.05) is 50.1 Å². The molecule has 0 radical (unpaired) electrons. The molecule has 0 N–H and O–H groups in total. The first kappa shape index (κ1) is 20.6. The van der Waals surface area contributed by atoms with E-state index in [2.05, 4.69) is 29.2 Å². The highest BCUT2D eigenvalue weighted by molar-refractivity contribution is 7.09. The van der Waals surface area contributed by atoms with E-state index >= 15 is 0 Å². The number of aromatic nitrogens is 2. The second kappa shape index (κ2) is 9.87. The number of nitrogens with zero attached hydrogens (tertiary/aromatic N) is 4. The van der Waals surface area contributed by atoms with Crippen LogP contribution in [0.4, 0.5) is 5.13 Å². The van der Waals surface area contributed by atoms with E-state index < -0.39 is 0 Å². The lowest BCUT2D eigenvalue weighted by Crippen LogP contribution is -2.54. The summed E-state index contributed by atoms with van der Waals surface area (Å²) in [6.07, 6.45) is 4.62. The van der Waals surface area contributed by atoms with Gasteiger partial charge >= 0.3 is 0 Å². The van der Waals surface area contributed by atoms with Crippen LogP contribution in [0.5, 0.6) is 5.75 Å². The molecule has 7 heteroatoms. The highest BCUT2D eigenvalue weighted by Gasteiger charge is 2.28. The van der Waals surface area contributed by atoms with E-state index in [1.54, 1.807) is 7.11 Å². The van der Waals surface area contributed by atoms with Gasteiger partial charge in [-0.1, -0.05) is 31.9 Å². The molecule has 0 saturated carbocycles. The monoisotopic (exact) mass is 402 g/mol. The number of carbonyl (C=O) groups excluding carboxylic acids is 1. The Hall–Kier alpha value is -2.15. The predicted octanol–water partition coefficient (Wildman–Crippen LogP) is 3.75. The molecule has 1 saturated heterocycles. The Morgan fingerprint density at radius 2 is 2.18 bits per heavy atom. The van der Waals surface area contributed by atoms with Crippen molar-refractivity contribution in [3.05, 3.63) is 35.7 Å². The van der Waals surface area contributed by atoms with Crippen molar-refractivity contribution in [1.82, 2.24) is 14.3 Å². The Bertz CT molecular complexity index is 779. The minimum absolute atomic E-state index is 0.202. The normalized spacial score (nSPS) is 17.0. The molecule has 1 aliphatic rings. The number of anilines is 1. The first-order valence-corrected chi connectivity index (χ1v) is 10.9. The topological polar surface area (TPSA) is 58.6 Å². The molecule has 1 aliphatic heterocycles. The average molecular weight is 403 g/mol. The molecule has 1 aromatic carbocycles. The van der Waals surface area contributed by atoms with Gasteiger partial charge in [0.15, 0.2) is 0 Å². The fourth-order valence-electron chi connectivity index (χ4n) is 3.58. The molecule has 1 aromatic heterocycles. The van der Waals surface area contributed by atoms with Crippen molar-refractivity contribution >= 4 is 22.6 Å². The van der Waals surface area contributed by atoms with Gasteiger partial charge in [-0.15, -0.1) is 0 Å². The maximum absolute atomic E-state index is 12.5. The molecule has 152 valence electrons. The van der Waals surface area contributed by atoms with Gasteiger partial charge in [-0.2, -0.15) is 4.37 Å². The Labute approximate surface area is 171 Å². The summed E-state index contributed by atoms with van der Waals surface area (Å²) >= 11 is 1.44. The highest BCUT2D eigenvalue weighted by atomic mass is 32.1. The summed E-state index contributed by atoms with van der Waals surface area (Å²) in [6, 6.07) is 8.21. The Balaban J connectivity index is 1.56. The Morgan fingerprint density at radius 3 is 2.93 bits per heavy atom. The third-order valence-corrected chi connectivity index (χ3v) is 5.98. The molecule has 0 bridgehead atoms. The average Bonchev–Trinajstić information content (AvgIpc) is 3.16. The van der Waals surface area contributed by atoms with Crippen LogP contribution in [0, 0.1) is 0 Å². The molecular weight excluding hydrogens is 372 g/mol. The van der Waals surface area contributed by atoms with Gasteiger partial charge in [0.05, 0.1) is 7.11 Å². The standard InChI is InChI=1S/C21H30N4O2S/c1-4-5-6-10-20(26)25-12-11-24(15-16(25)2)21-22-19(23-28-21)14-17-8-7-9-18(13-17)27-3/h7-9,13,16H,4-6,10-12,14-15H2,1-3H3/t16-/m0/s1. The highest BCUT2D eigenvalue weighted by Crippen LogP contribution is 2.23. The first-order valence-electron chi connectivity index (χ1n) is 10.1. The Morgan fingerprint density at radius 1 is 1.32 bits per heavy atom. The summed E-state index contributed by atoms with van der Waals surface area (Å²) in [5.41, 5.74) is 1.14. The second-order valence-corrected chi connectivity index (χ2v) is 8.09. The third kappa shape index (κ3) is 5.22. The number of unbranched alkanes of at least 4 members (excludes halogenated alkanes) is 2. The van der Waals surface area contributed by atoms with Gasteiger partial charge in [-0.05, 0) is 31.0 Å². The summed E-state index contributed by atoms with van der Waals surface area (Å²) in [5.74, 6) is 1.97. The summed E-state index contributed by atoms with van der Waals surface area (Å²) in [4.78, 5) is 21.5. The lowest BCUT2D eigenvalue weighted by Gasteiger charge is -2.39. The molecule has 0 unspecified atom stereocenters. The summed E-state index contributed by atoms with van der Waals surface area (Å²) < 4.78 is 9.83. The van der Waals surface area contributed by atoms with Crippen LogP contribution in [0.3, 0.4) is 0 Å². The zero-order chi connectivity index (χ0) is 19.9. The van der Waals surface area contributed by atoms with Crippen LogP contribution in [0.2, 0.25) is 0 Å². The fraction of sp³-hybridized carbons (Fsp3) is 0.571. The minimum atomic E-state index is 0.202. The van der Waals surface area contributed by atoms with Crippen molar-refractivity contribution in [3.8, 4) is 5.75 Å². The number of methoxy groups -OCH3 is 1. The lowest BCUT2D eigenvalue weighted by molar-refractivity contribution is -0.133. The van der Waals surface area contributed by atoms with E-state index in [9.17, 15) is 4.79 Å². The maximum atomic E-state index is 12.5. The number of amides is 1. The lowest BCUT2D eigenvalue weighted by atomic mass is 10.1. The van der Waals surface area contributed by atoms with E-state index in [4.69, 9.17) is 9.72 Å². The number of rotatable bonds is 8. The van der Waals surface area contributed by atoms with Gasteiger partial charge in [-0.25, -0.2) is 4.98 Å². The summed E-state index contributed by atoms with van der Waals surface area (Å²) in [7, 11) is 1.67. The van der Waals surface area contributed by atoms with Gasteiger partial charge in [-0.3, -0.25) is 4.79 Å². The third-order valence-electron chi connectivity index (χ3n) is 5.17. The van der Waals surface area contributed by atoms with Crippen molar-refractivity contribution < 1.29 is 9.53 Å². The van der Waals surface area contributed by atoms with Gasteiger partial charge in [0.25, 0.3) is 0 Å². The molecule has 28 heavy (non-hydrogen) atoms. The zero-order valence-corrected chi connectivity index (χ0v) is 17.9. The Kier molecular flexibility index (Phi) is 7.25. The number of hydrogen-bond acceptors (Lipinski definition) is 6. The van der Waals surface area contributed by atoms with Crippen LogP contribution < -0.4 is 9.64 Å². The van der Waals surface area contributed by atoms with Gasteiger partial charge in [0.2, 0.25) is 11.0 Å². The molecule has 1 fully saturated rings. The van der Waals surface area contributed by atoms with E-state index in [-0.39, 0.29) is 11.9 Å². The SMILES string of the molecule is CCCCCC(=O)N1CCN(c2nc(Cc3cccc(OC)c3)ns2)C[C@@H]1C. The van der Waals surface area contributed by atoms with Crippen molar-refractivity contribution in [2.24, 2.45) is 0 Å². The summed E-state index contributed by atoms with van der Waals surface area (Å²) in [6.45, 7) is 6.68. The zero-order valence-electron chi connectivity index (χ0n) is 17.1. The van der Waals surface area contributed by atoms with Crippen LogP contribution >= 0.6 is 11.5 Å². The van der Waals surface area contributed by atoms with Crippen LogP contribution in [0.15, 0.2) is 24.3 Å².